The molecule has 0 saturated carbocycles. The van der Waals surface area contributed by atoms with E-state index >= 15 is 0 Å². The van der Waals surface area contributed by atoms with Gasteiger partial charge in [-0.1, -0.05) is 12.1 Å². The molecule has 1 heterocycles. The molecule has 17 heavy (non-hydrogen) atoms. The fourth-order valence-corrected chi connectivity index (χ4v) is 2.43. The Labute approximate surface area is 100 Å². The van der Waals surface area contributed by atoms with E-state index in [1.807, 2.05) is 24.3 Å². The van der Waals surface area contributed by atoms with Gasteiger partial charge >= 0.3 is 6.18 Å². The molecule has 92 valence electrons. The fourth-order valence-electron chi connectivity index (χ4n) is 1.43. The molecule has 2 nitrogen and oxygen atoms in total. The van der Waals surface area contributed by atoms with Crippen molar-refractivity contribution in [3.05, 3.63) is 29.3 Å². The molecular formula is C11H11F3N2S. The van der Waals surface area contributed by atoms with Gasteiger partial charge in [-0.15, -0.1) is 11.3 Å². The highest BCUT2D eigenvalue weighted by molar-refractivity contribution is 7.18. The Kier molecular flexibility index (Phi) is 3.35. The van der Waals surface area contributed by atoms with Crippen molar-refractivity contribution < 1.29 is 13.2 Å². The molecule has 0 amide bonds. The number of hydrogen-bond acceptors (Lipinski definition) is 3. The fraction of sp³-hybridized carbons (Fsp3) is 0.364. The number of thiazole rings is 1. The van der Waals surface area contributed by atoms with Crippen LogP contribution in [-0.2, 0) is 0 Å². The number of aromatic nitrogens is 1. The zero-order chi connectivity index (χ0) is 12.5. The zero-order valence-corrected chi connectivity index (χ0v) is 9.90. The predicted molar refractivity (Wildman–Crippen MR) is 62.1 cm³/mol. The highest BCUT2D eigenvalue weighted by Gasteiger charge is 2.28. The normalized spacial score (nSPS) is 14.1. The van der Waals surface area contributed by atoms with Crippen molar-refractivity contribution in [1.82, 2.24) is 10.3 Å². The Morgan fingerprint density at radius 3 is 2.71 bits per heavy atom. The standard InChI is InChI=1S/C11H11F3N2S/c1-7(15-6-11(12,13)14)10-16-8-4-2-3-5-9(8)17-10/h2-5,7,15H,6H2,1H3. The van der Waals surface area contributed by atoms with E-state index in [4.69, 9.17) is 0 Å². The van der Waals surface area contributed by atoms with Crippen molar-refractivity contribution in [2.45, 2.75) is 19.1 Å². The summed E-state index contributed by atoms with van der Waals surface area (Å²) in [5.74, 6) is 0. The SMILES string of the molecule is CC(NCC(F)(F)F)c1nc2ccccc2s1. The van der Waals surface area contributed by atoms with Gasteiger partial charge in [0.05, 0.1) is 22.8 Å². The quantitative estimate of drug-likeness (QED) is 0.913. The van der Waals surface area contributed by atoms with Crippen molar-refractivity contribution >= 4 is 21.6 Å². The third-order valence-corrected chi connectivity index (χ3v) is 3.51. The van der Waals surface area contributed by atoms with Gasteiger partial charge in [0.25, 0.3) is 0 Å². The molecule has 6 heteroatoms. The van der Waals surface area contributed by atoms with E-state index in [-0.39, 0.29) is 0 Å². The third kappa shape index (κ3) is 3.17. The molecular weight excluding hydrogens is 249 g/mol. The van der Waals surface area contributed by atoms with Crippen LogP contribution >= 0.6 is 11.3 Å². The largest absolute Gasteiger partial charge is 0.401 e. The molecule has 0 aliphatic carbocycles. The number of hydrogen-bond donors (Lipinski definition) is 1. The number of fused-ring (bicyclic) bond motifs is 1. The maximum atomic E-state index is 12.1. The second-order valence-corrected chi connectivity index (χ2v) is 4.80. The van der Waals surface area contributed by atoms with Gasteiger partial charge < -0.3 is 0 Å². The minimum Gasteiger partial charge on any atom is -0.300 e. The highest BCUT2D eigenvalue weighted by Crippen LogP contribution is 2.26. The number of benzene rings is 1. The Morgan fingerprint density at radius 1 is 1.35 bits per heavy atom. The molecule has 1 unspecified atom stereocenters. The molecule has 0 bridgehead atoms. The lowest BCUT2D eigenvalue weighted by atomic mass is 10.3. The van der Waals surface area contributed by atoms with Gasteiger partial charge in [-0.2, -0.15) is 13.2 Å². The van der Waals surface area contributed by atoms with Gasteiger partial charge in [0.2, 0.25) is 0 Å². The molecule has 1 aromatic carbocycles. The monoisotopic (exact) mass is 260 g/mol. The van der Waals surface area contributed by atoms with Crippen molar-refractivity contribution in [2.75, 3.05) is 6.54 Å². The lowest BCUT2D eigenvalue weighted by molar-refractivity contribution is -0.126. The predicted octanol–water partition coefficient (Wildman–Crippen LogP) is 3.51. The Bertz CT molecular complexity index is 474. The van der Waals surface area contributed by atoms with Crippen molar-refractivity contribution in [3.8, 4) is 0 Å². The van der Waals surface area contributed by atoms with Crippen LogP contribution in [0.25, 0.3) is 10.2 Å². The highest BCUT2D eigenvalue weighted by atomic mass is 32.1. The summed E-state index contributed by atoms with van der Waals surface area (Å²) in [4.78, 5) is 4.30. The Morgan fingerprint density at radius 2 is 2.06 bits per heavy atom. The summed E-state index contributed by atoms with van der Waals surface area (Å²) in [7, 11) is 0. The first-order chi connectivity index (χ1) is 7.96. The molecule has 1 aromatic heterocycles. The molecule has 0 aliphatic heterocycles. The van der Waals surface area contributed by atoms with E-state index in [2.05, 4.69) is 10.3 Å². The number of nitrogens with one attached hydrogen (secondary N) is 1. The van der Waals surface area contributed by atoms with Crippen molar-refractivity contribution in [1.29, 1.82) is 0 Å². The molecule has 0 radical (unpaired) electrons. The van der Waals surface area contributed by atoms with Gasteiger partial charge in [0.15, 0.2) is 0 Å². The van der Waals surface area contributed by atoms with E-state index in [1.165, 1.54) is 11.3 Å². The summed E-state index contributed by atoms with van der Waals surface area (Å²) in [6.45, 7) is 0.688. The summed E-state index contributed by atoms with van der Waals surface area (Å²) in [5, 5.41) is 3.10. The number of alkyl halides is 3. The lowest BCUT2D eigenvalue weighted by Gasteiger charge is -2.12. The van der Waals surface area contributed by atoms with Gasteiger partial charge in [-0.05, 0) is 19.1 Å². The smallest absolute Gasteiger partial charge is 0.300 e. The second-order valence-electron chi connectivity index (χ2n) is 3.74. The summed E-state index contributed by atoms with van der Waals surface area (Å²) >= 11 is 1.41. The van der Waals surface area contributed by atoms with Gasteiger partial charge in [0, 0.05) is 0 Å². The summed E-state index contributed by atoms with van der Waals surface area (Å²) < 4.78 is 37.2. The number of para-hydroxylation sites is 1. The average Bonchev–Trinajstić information content (AvgIpc) is 2.68. The van der Waals surface area contributed by atoms with Crippen LogP contribution in [-0.4, -0.2) is 17.7 Å². The van der Waals surface area contributed by atoms with E-state index in [9.17, 15) is 13.2 Å². The van der Waals surface area contributed by atoms with Crippen molar-refractivity contribution in [3.63, 3.8) is 0 Å². The van der Waals surface area contributed by atoms with E-state index in [1.54, 1.807) is 6.92 Å². The summed E-state index contributed by atoms with van der Waals surface area (Å²) in [6, 6.07) is 7.12. The number of rotatable bonds is 3. The third-order valence-electron chi connectivity index (χ3n) is 2.29. The minimum absolute atomic E-state index is 0.394. The molecule has 0 saturated heterocycles. The first-order valence-electron chi connectivity index (χ1n) is 5.11. The summed E-state index contributed by atoms with van der Waals surface area (Å²) in [5.41, 5.74) is 0.827. The lowest BCUT2D eigenvalue weighted by Crippen LogP contribution is -2.30. The van der Waals surface area contributed by atoms with Crippen LogP contribution in [0.2, 0.25) is 0 Å². The number of halogens is 3. The molecule has 1 atom stereocenters. The Balaban J connectivity index is 2.11. The number of nitrogens with zero attached hydrogens (tertiary/aromatic N) is 1. The topological polar surface area (TPSA) is 24.9 Å². The van der Waals surface area contributed by atoms with Crippen LogP contribution < -0.4 is 5.32 Å². The van der Waals surface area contributed by atoms with Crippen LogP contribution in [0.3, 0.4) is 0 Å². The molecule has 2 aromatic rings. The summed E-state index contributed by atoms with van der Waals surface area (Å²) in [6.07, 6.45) is -4.19. The zero-order valence-electron chi connectivity index (χ0n) is 9.08. The van der Waals surface area contributed by atoms with Crippen LogP contribution in [0, 0.1) is 0 Å². The minimum atomic E-state index is -4.19. The van der Waals surface area contributed by atoms with Crippen LogP contribution in [0.5, 0.6) is 0 Å². The molecule has 0 aliphatic rings. The maximum absolute atomic E-state index is 12.1. The molecule has 0 spiro atoms. The molecule has 2 rings (SSSR count). The van der Waals surface area contributed by atoms with E-state index in [0.29, 0.717) is 5.01 Å². The Hall–Kier alpha value is -1.14. The second kappa shape index (κ2) is 4.62. The van der Waals surface area contributed by atoms with Crippen LogP contribution in [0.4, 0.5) is 13.2 Å². The molecule has 1 N–H and O–H groups in total. The van der Waals surface area contributed by atoms with Gasteiger partial charge in [0.1, 0.15) is 5.01 Å². The molecule has 0 fully saturated rings. The van der Waals surface area contributed by atoms with Crippen LogP contribution in [0.1, 0.15) is 18.0 Å². The van der Waals surface area contributed by atoms with Gasteiger partial charge in [-0.25, -0.2) is 4.98 Å². The first-order valence-corrected chi connectivity index (χ1v) is 5.93. The van der Waals surface area contributed by atoms with E-state index < -0.39 is 18.8 Å². The van der Waals surface area contributed by atoms with Crippen molar-refractivity contribution in [2.24, 2.45) is 0 Å². The van der Waals surface area contributed by atoms with E-state index in [0.717, 1.165) is 10.2 Å². The van der Waals surface area contributed by atoms with Gasteiger partial charge in [-0.3, -0.25) is 5.32 Å². The van der Waals surface area contributed by atoms with Crippen LogP contribution in [0.15, 0.2) is 24.3 Å². The first kappa shape index (κ1) is 12.3. The average molecular weight is 260 g/mol. The maximum Gasteiger partial charge on any atom is 0.401 e.